The van der Waals surface area contributed by atoms with Crippen LogP contribution in [-0.4, -0.2) is 23.0 Å². The second-order valence-electron chi connectivity index (χ2n) is 3.18. The number of aliphatic carboxylic acids is 1. The average Bonchev–Trinajstić information content (AvgIpc) is 2.70. The summed E-state index contributed by atoms with van der Waals surface area (Å²) < 4.78 is 23.1. The SMILES string of the molecule is NC(C(=O)O)c1cc2c(c(F)c1O)OCO2. The summed E-state index contributed by atoms with van der Waals surface area (Å²) in [6.07, 6.45) is 0. The smallest absolute Gasteiger partial charge is 0.325 e. The fourth-order valence-electron chi connectivity index (χ4n) is 1.38. The van der Waals surface area contributed by atoms with E-state index in [1.165, 1.54) is 0 Å². The van der Waals surface area contributed by atoms with Crippen molar-refractivity contribution in [2.24, 2.45) is 5.73 Å². The van der Waals surface area contributed by atoms with Crippen molar-refractivity contribution in [3.8, 4) is 17.2 Å². The largest absolute Gasteiger partial charge is 0.504 e. The molecule has 1 aliphatic heterocycles. The van der Waals surface area contributed by atoms with Crippen LogP contribution in [0.4, 0.5) is 4.39 Å². The Morgan fingerprint density at radius 3 is 2.88 bits per heavy atom. The van der Waals surface area contributed by atoms with Crippen LogP contribution in [0.15, 0.2) is 6.07 Å². The van der Waals surface area contributed by atoms with E-state index >= 15 is 0 Å². The molecule has 1 unspecified atom stereocenters. The first-order valence-corrected chi connectivity index (χ1v) is 4.31. The van der Waals surface area contributed by atoms with E-state index in [4.69, 9.17) is 20.3 Å². The molecule has 0 bridgehead atoms. The summed E-state index contributed by atoms with van der Waals surface area (Å²) in [6, 6.07) is -0.372. The molecule has 0 aliphatic carbocycles. The summed E-state index contributed by atoms with van der Waals surface area (Å²) in [7, 11) is 0. The van der Waals surface area contributed by atoms with Crippen LogP contribution in [0, 0.1) is 5.82 Å². The number of rotatable bonds is 2. The number of hydrogen-bond acceptors (Lipinski definition) is 5. The lowest BCUT2D eigenvalue weighted by Gasteiger charge is -2.11. The zero-order valence-corrected chi connectivity index (χ0v) is 7.94. The number of aromatic hydroxyl groups is 1. The van der Waals surface area contributed by atoms with E-state index in [9.17, 15) is 14.3 Å². The maximum atomic E-state index is 13.5. The van der Waals surface area contributed by atoms with Crippen molar-refractivity contribution in [1.82, 2.24) is 0 Å². The Hall–Kier alpha value is -2.02. The van der Waals surface area contributed by atoms with Crippen LogP contribution in [0.25, 0.3) is 0 Å². The molecule has 7 heteroatoms. The molecule has 1 aromatic carbocycles. The maximum Gasteiger partial charge on any atom is 0.325 e. The third-order valence-corrected chi connectivity index (χ3v) is 2.21. The normalized spacial score (nSPS) is 14.9. The Bertz CT molecular complexity index is 462. The van der Waals surface area contributed by atoms with Gasteiger partial charge in [-0.3, -0.25) is 4.79 Å². The molecule has 0 fully saturated rings. The monoisotopic (exact) mass is 229 g/mol. The zero-order chi connectivity index (χ0) is 11.9. The molecule has 0 saturated carbocycles. The third kappa shape index (κ3) is 1.41. The van der Waals surface area contributed by atoms with Crippen LogP contribution in [0.3, 0.4) is 0 Å². The molecule has 0 saturated heterocycles. The highest BCUT2D eigenvalue weighted by Gasteiger charge is 2.29. The van der Waals surface area contributed by atoms with Crippen LogP contribution in [-0.2, 0) is 4.79 Å². The van der Waals surface area contributed by atoms with Crippen molar-refractivity contribution in [2.75, 3.05) is 6.79 Å². The second-order valence-corrected chi connectivity index (χ2v) is 3.18. The summed E-state index contributed by atoms with van der Waals surface area (Å²) in [4.78, 5) is 10.6. The molecule has 0 aromatic heterocycles. The number of hydrogen-bond donors (Lipinski definition) is 3. The van der Waals surface area contributed by atoms with Gasteiger partial charge in [-0.1, -0.05) is 0 Å². The molecule has 1 atom stereocenters. The lowest BCUT2D eigenvalue weighted by Crippen LogP contribution is -2.21. The lowest BCUT2D eigenvalue weighted by molar-refractivity contribution is -0.138. The molecule has 4 N–H and O–H groups in total. The molecule has 1 aliphatic rings. The van der Waals surface area contributed by atoms with E-state index in [1.807, 2.05) is 0 Å². The van der Waals surface area contributed by atoms with Gasteiger partial charge in [0.2, 0.25) is 18.4 Å². The zero-order valence-electron chi connectivity index (χ0n) is 7.94. The van der Waals surface area contributed by atoms with Crippen molar-refractivity contribution in [3.63, 3.8) is 0 Å². The summed E-state index contributed by atoms with van der Waals surface area (Å²) >= 11 is 0. The fraction of sp³-hybridized carbons (Fsp3) is 0.222. The molecular weight excluding hydrogens is 221 g/mol. The predicted octanol–water partition coefficient (Wildman–Crippen LogP) is 0.344. The first-order valence-electron chi connectivity index (χ1n) is 4.31. The van der Waals surface area contributed by atoms with Gasteiger partial charge in [0.15, 0.2) is 11.5 Å². The molecule has 0 spiro atoms. The maximum absolute atomic E-state index is 13.5. The Morgan fingerprint density at radius 2 is 2.25 bits per heavy atom. The number of benzene rings is 1. The number of halogens is 1. The number of carbonyl (C=O) groups is 1. The topological polar surface area (TPSA) is 102 Å². The third-order valence-electron chi connectivity index (χ3n) is 2.21. The molecule has 1 aromatic rings. The minimum atomic E-state index is -1.52. The van der Waals surface area contributed by atoms with Crippen molar-refractivity contribution in [2.45, 2.75) is 6.04 Å². The first kappa shape index (κ1) is 10.5. The number of fused-ring (bicyclic) bond motifs is 1. The molecule has 6 nitrogen and oxygen atoms in total. The van der Waals surface area contributed by atoms with E-state index in [-0.39, 0.29) is 23.9 Å². The van der Waals surface area contributed by atoms with Crippen molar-refractivity contribution in [3.05, 3.63) is 17.4 Å². The van der Waals surface area contributed by atoms with Gasteiger partial charge in [0.05, 0.1) is 0 Å². The number of nitrogens with two attached hydrogens (primary N) is 1. The average molecular weight is 229 g/mol. The van der Waals surface area contributed by atoms with Crippen molar-refractivity contribution in [1.29, 1.82) is 0 Å². The molecule has 1 heterocycles. The number of phenols is 1. The van der Waals surface area contributed by atoms with E-state index in [2.05, 4.69) is 0 Å². The van der Waals surface area contributed by atoms with Gasteiger partial charge < -0.3 is 25.4 Å². The Balaban J connectivity index is 2.56. The summed E-state index contributed by atoms with van der Waals surface area (Å²) in [5.41, 5.74) is 5.02. The summed E-state index contributed by atoms with van der Waals surface area (Å²) in [5, 5.41) is 18.1. The Morgan fingerprint density at radius 1 is 1.56 bits per heavy atom. The van der Waals surface area contributed by atoms with Crippen LogP contribution >= 0.6 is 0 Å². The van der Waals surface area contributed by atoms with E-state index in [1.54, 1.807) is 0 Å². The van der Waals surface area contributed by atoms with Crippen LogP contribution < -0.4 is 15.2 Å². The highest BCUT2D eigenvalue weighted by atomic mass is 19.1. The van der Waals surface area contributed by atoms with Crippen LogP contribution in [0.1, 0.15) is 11.6 Å². The number of carboxylic acids is 1. The number of carboxylic acid groups (broad SMARTS) is 1. The molecule has 2 rings (SSSR count). The van der Waals surface area contributed by atoms with Crippen molar-refractivity contribution >= 4 is 5.97 Å². The van der Waals surface area contributed by atoms with Gasteiger partial charge in [-0.15, -0.1) is 0 Å². The quantitative estimate of drug-likeness (QED) is 0.676. The van der Waals surface area contributed by atoms with Crippen molar-refractivity contribution < 1.29 is 28.9 Å². The summed E-state index contributed by atoms with van der Waals surface area (Å²) in [5.74, 6) is -3.49. The van der Waals surface area contributed by atoms with Gasteiger partial charge >= 0.3 is 5.97 Å². The second kappa shape index (κ2) is 3.53. The minimum absolute atomic E-state index is 0.0296. The van der Waals surface area contributed by atoms with Gasteiger partial charge in [-0.25, -0.2) is 0 Å². The standard InChI is InChI=1S/C9H8FNO5/c10-5-7(12)3(6(11)9(13)14)1-4-8(5)16-2-15-4/h1,6,12H,2,11H2,(H,13,14). The predicted molar refractivity (Wildman–Crippen MR) is 48.8 cm³/mol. The lowest BCUT2D eigenvalue weighted by atomic mass is 10.1. The first-order chi connectivity index (χ1) is 7.52. The van der Waals surface area contributed by atoms with Gasteiger partial charge in [-0.05, 0) is 6.07 Å². The van der Waals surface area contributed by atoms with Crippen LogP contribution in [0.2, 0.25) is 0 Å². The van der Waals surface area contributed by atoms with E-state index < -0.39 is 23.6 Å². The van der Waals surface area contributed by atoms with Gasteiger partial charge in [0.25, 0.3) is 0 Å². The number of phenolic OH excluding ortho intramolecular Hbond substituents is 1. The van der Waals surface area contributed by atoms with Crippen LogP contribution in [0.5, 0.6) is 17.2 Å². The van der Waals surface area contributed by atoms with Gasteiger partial charge in [-0.2, -0.15) is 4.39 Å². The van der Waals surface area contributed by atoms with E-state index in [0.29, 0.717) is 0 Å². The summed E-state index contributed by atoms with van der Waals surface area (Å²) in [6.45, 7) is -0.183. The highest BCUT2D eigenvalue weighted by Crippen LogP contribution is 2.42. The van der Waals surface area contributed by atoms with Gasteiger partial charge in [0, 0.05) is 5.56 Å². The molecule has 0 radical (unpaired) electrons. The molecular formula is C9H8FNO5. The van der Waals surface area contributed by atoms with E-state index in [0.717, 1.165) is 6.07 Å². The fourth-order valence-corrected chi connectivity index (χ4v) is 1.38. The minimum Gasteiger partial charge on any atom is -0.504 e. The molecule has 0 amide bonds. The highest BCUT2D eigenvalue weighted by molar-refractivity contribution is 5.77. The Kier molecular flexibility index (Phi) is 2.31. The van der Waals surface area contributed by atoms with Gasteiger partial charge in [0.1, 0.15) is 6.04 Å². The Labute approximate surface area is 89.0 Å². The molecule has 86 valence electrons. The number of ether oxygens (including phenoxy) is 2. The molecule has 16 heavy (non-hydrogen) atoms.